The zero-order chi connectivity index (χ0) is 14.5. The first-order chi connectivity index (χ1) is 10.3. The van der Waals surface area contributed by atoms with E-state index in [0.29, 0.717) is 18.2 Å². The number of nitrogens with zero attached hydrogens (tertiary/aromatic N) is 2. The highest BCUT2D eigenvalue weighted by molar-refractivity contribution is 5.60. The number of nitrogens with one attached hydrogen (secondary N) is 1. The molecule has 0 bridgehead atoms. The minimum atomic E-state index is 0.463. The second kappa shape index (κ2) is 6.54. The Hall–Kier alpha value is -2.14. The fourth-order valence-corrected chi connectivity index (χ4v) is 2.06. The highest BCUT2D eigenvalue weighted by atomic mass is 16.5. The summed E-state index contributed by atoms with van der Waals surface area (Å²) in [6, 6.07) is 11.6. The first-order valence-corrected chi connectivity index (χ1v) is 7.33. The molecule has 0 atom stereocenters. The second-order valence-electron chi connectivity index (χ2n) is 5.31. The summed E-state index contributed by atoms with van der Waals surface area (Å²) < 4.78 is 5.59. The third-order valence-corrected chi connectivity index (χ3v) is 3.38. The van der Waals surface area contributed by atoms with E-state index in [1.807, 2.05) is 30.3 Å². The maximum atomic E-state index is 5.85. The van der Waals surface area contributed by atoms with Gasteiger partial charge in [0.05, 0.1) is 6.61 Å². The maximum absolute atomic E-state index is 5.85. The number of hydrogen-bond acceptors (Lipinski definition) is 5. The Kier molecular flexibility index (Phi) is 4.31. The molecule has 0 unspecified atom stereocenters. The van der Waals surface area contributed by atoms with E-state index in [2.05, 4.69) is 15.3 Å². The highest BCUT2D eigenvalue weighted by Crippen LogP contribution is 2.28. The number of nitrogen functional groups attached to an aromatic ring is 1. The van der Waals surface area contributed by atoms with Gasteiger partial charge in [0.25, 0.3) is 0 Å². The van der Waals surface area contributed by atoms with Crippen LogP contribution in [0.2, 0.25) is 0 Å². The summed E-state index contributed by atoms with van der Waals surface area (Å²) in [7, 11) is 0. The Bertz CT molecular complexity index is 584. The van der Waals surface area contributed by atoms with Gasteiger partial charge in [-0.05, 0) is 18.8 Å². The van der Waals surface area contributed by atoms with Gasteiger partial charge in [0, 0.05) is 24.8 Å². The van der Waals surface area contributed by atoms with Gasteiger partial charge in [-0.3, -0.25) is 0 Å². The molecular formula is C16H20N4O. The zero-order valence-electron chi connectivity index (χ0n) is 12.0. The predicted octanol–water partition coefficient (Wildman–Crippen LogP) is 2.56. The molecule has 0 spiro atoms. The maximum Gasteiger partial charge on any atom is 0.163 e. The van der Waals surface area contributed by atoms with Gasteiger partial charge in [0.1, 0.15) is 11.6 Å². The van der Waals surface area contributed by atoms with Crippen LogP contribution >= 0.6 is 0 Å². The smallest absolute Gasteiger partial charge is 0.163 e. The topological polar surface area (TPSA) is 73.1 Å². The molecule has 3 N–H and O–H groups in total. The number of aromatic nitrogens is 2. The summed E-state index contributed by atoms with van der Waals surface area (Å²) >= 11 is 0. The summed E-state index contributed by atoms with van der Waals surface area (Å²) in [5.74, 6) is 2.63. The van der Waals surface area contributed by atoms with Gasteiger partial charge < -0.3 is 15.8 Å². The molecule has 0 radical (unpaired) electrons. The van der Waals surface area contributed by atoms with Gasteiger partial charge >= 0.3 is 0 Å². The first-order valence-electron chi connectivity index (χ1n) is 7.33. The van der Waals surface area contributed by atoms with Crippen molar-refractivity contribution in [1.82, 2.24) is 9.97 Å². The normalized spacial score (nSPS) is 14.1. The van der Waals surface area contributed by atoms with E-state index in [1.54, 1.807) is 6.07 Å². The van der Waals surface area contributed by atoms with Crippen molar-refractivity contribution in [2.24, 2.45) is 5.92 Å². The molecule has 1 aliphatic rings. The third-order valence-electron chi connectivity index (χ3n) is 3.38. The quantitative estimate of drug-likeness (QED) is 0.764. The molecule has 21 heavy (non-hydrogen) atoms. The van der Waals surface area contributed by atoms with Crippen LogP contribution in [-0.2, 0) is 4.74 Å². The van der Waals surface area contributed by atoms with Crippen LogP contribution in [-0.4, -0.2) is 29.7 Å². The van der Waals surface area contributed by atoms with E-state index in [-0.39, 0.29) is 0 Å². The van der Waals surface area contributed by atoms with Crippen molar-refractivity contribution >= 4 is 11.6 Å². The molecule has 110 valence electrons. The Morgan fingerprint density at radius 3 is 2.76 bits per heavy atom. The Morgan fingerprint density at radius 1 is 1.19 bits per heavy atom. The van der Waals surface area contributed by atoms with Crippen LogP contribution in [0, 0.1) is 5.92 Å². The lowest BCUT2D eigenvalue weighted by molar-refractivity contribution is 0.134. The van der Waals surface area contributed by atoms with Crippen LogP contribution in [0.5, 0.6) is 0 Å². The molecule has 2 aromatic rings. The fourth-order valence-electron chi connectivity index (χ4n) is 2.06. The number of nitrogens with two attached hydrogens (primary N) is 1. The molecule has 1 aromatic carbocycles. The second-order valence-corrected chi connectivity index (χ2v) is 5.31. The Balaban J connectivity index is 1.58. The van der Waals surface area contributed by atoms with Crippen molar-refractivity contribution in [2.75, 3.05) is 30.8 Å². The molecule has 1 aliphatic carbocycles. The molecule has 0 aliphatic heterocycles. The summed E-state index contributed by atoms with van der Waals surface area (Å²) in [5.41, 5.74) is 6.81. The van der Waals surface area contributed by atoms with Crippen molar-refractivity contribution in [2.45, 2.75) is 12.8 Å². The van der Waals surface area contributed by atoms with Gasteiger partial charge in [-0.25, -0.2) is 9.97 Å². The van der Waals surface area contributed by atoms with Gasteiger partial charge in [-0.15, -0.1) is 0 Å². The highest BCUT2D eigenvalue weighted by Gasteiger charge is 2.20. The summed E-state index contributed by atoms with van der Waals surface area (Å²) in [5, 5.41) is 3.23. The van der Waals surface area contributed by atoms with Crippen LogP contribution in [0.25, 0.3) is 11.4 Å². The van der Waals surface area contributed by atoms with E-state index >= 15 is 0 Å². The molecule has 5 heteroatoms. The van der Waals surface area contributed by atoms with Gasteiger partial charge in [-0.2, -0.15) is 0 Å². The van der Waals surface area contributed by atoms with E-state index in [0.717, 1.165) is 30.5 Å². The van der Waals surface area contributed by atoms with Crippen LogP contribution in [0.3, 0.4) is 0 Å². The molecule has 1 saturated carbocycles. The number of rotatable bonds is 7. The Morgan fingerprint density at radius 2 is 2.00 bits per heavy atom. The zero-order valence-corrected chi connectivity index (χ0v) is 12.0. The fraction of sp³-hybridized carbons (Fsp3) is 0.375. The van der Waals surface area contributed by atoms with Crippen LogP contribution in [0.4, 0.5) is 11.6 Å². The van der Waals surface area contributed by atoms with Gasteiger partial charge in [0.2, 0.25) is 0 Å². The lowest BCUT2D eigenvalue weighted by Gasteiger charge is -2.09. The average Bonchev–Trinajstić information content (AvgIpc) is 3.31. The van der Waals surface area contributed by atoms with E-state index in [1.165, 1.54) is 12.8 Å². The monoisotopic (exact) mass is 284 g/mol. The first kappa shape index (κ1) is 13.8. The number of ether oxygens (including phenoxy) is 1. The number of anilines is 2. The van der Waals surface area contributed by atoms with Crippen molar-refractivity contribution in [3.63, 3.8) is 0 Å². The third kappa shape index (κ3) is 4.16. The van der Waals surface area contributed by atoms with Crippen LogP contribution in [0.15, 0.2) is 36.4 Å². The molecule has 1 aromatic heterocycles. The molecule has 1 heterocycles. The lowest BCUT2D eigenvalue weighted by atomic mass is 10.2. The van der Waals surface area contributed by atoms with E-state index < -0.39 is 0 Å². The standard InChI is InChI=1S/C16H20N4O/c17-14-10-15(18-8-9-21-11-12-6-7-12)20-16(19-14)13-4-2-1-3-5-13/h1-5,10,12H,6-9,11H2,(H3,17,18,19,20). The molecule has 5 nitrogen and oxygen atoms in total. The number of benzene rings is 1. The number of hydrogen-bond donors (Lipinski definition) is 2. The van der Waals surface area contributed by atoms with Crippen molar-refractivity contribution < 1.29 is 4.74 Å². The van der Waals surface area contributed by atoms with Crippen molar-refractivity contribution in [1.29, 1.82) is 0 Å². The summed E-state index contributed by atoms with van der Waals surface area (Å²) in [4.78, 5) is 8.77. The van der Waals surface area contributed by atoms with Crippen molar-refractivity contribution in [3.8, 4) is 11.4 Å². The summed E-state index contributed by atoms with van der Waals surface area (Å²) in [6.07, 6.45) is 2.63. The molecule has 0 amide bonds. The van der Waals surface area contributed by atoms with Gasteiger partial charge in [-0.1, -0.05) is 30.3 Å². The minimum Gasteiger partial charge on any atom is -0.384 e. The average molecular weight is 284 g/mol. The van der Waals surface area contributed by atoms with Crippen LogP contribution in [0.1, 0.15) is 12.8 Å². The predicted molar refractivity (Wildman–Crippen MR) is 83.9 cm³/mol. The molecule has 1 fully saturated rings. The van der Waals surface area contributed by atoms with E-state index in [9.17, 15) is 0 Å². The van der Waals surface area contributed by atoms with Crippen LogP contribution < -0.4 is 11.1 Å². The minimum absolute atomic E-state index is 0.463. The summed E-state index contributed by atoms with van der Waals surface area (Å²) in [6.45, 7) is 2.28. The van der Waals surface area contributed by atoms with Gasteiger partial charge in [0.15, 0.2) is 5.82 Å². The molecular weight excluding hydrogens is 264 g/mol. The van der Waals surface area contributed by atoms with E-state index in [4.69, 9.17) is 10.5 Å². The molecule has 3 rings (SSSR count). The molecule has 0 saturated heterocycles. The largest absolute Gasteiger partial charge is 0.384 e. The lowest BCUT2D eigenvalue weighted by Crippen LogP contribution is -2.12. The van der Waals surface area contributed by atoms with Crippen molar-refractivity contribution in [3.05, 3.63) is 36.4 Å². The Labute approximate surface area is 124 Å². The SMILES string of the molecule is Nc1cc(NCCOCC2CC2)nc(-c2ccccc2)n1.